The van der Waals surface area contributed by atoms with Crippen molar-refractivity contribution >= 4 is 28.6 Å². The minimum absolute atomic E-state index is 0.0121. The summed E-state index contributed by atoms with van der Waals surface area (Å²) in [6.45, 7) is 14.1. The van der Waals surface area contributed by atoms with Gasteiger partial charge >= 0.3 is 11.9 Å². The van der Waals surface area contributed by atoms with Gasteiger partial charge in [-0.25, -0.2) is 9.59 Å². The van der Waals surface area contributed by atoms with Gasteiger partial charge in [-0.2, -0.15) is 0 Å². The molecule has 0 heterocycles. The van der Waals surface area contributed by atoms with Crippen LogP contribution in [0.2, 0.25) is 38.8 Å². The Bertz CT molecular complexity index is 447. The highest BCUT2D eigenvalue weighted by Crippen LogP contribution is 2.25. The molecule has 0 radical (unpaired) electrons. The molecule has 0 aromatic rings. The summed E-state index contributed by atoms with van der Waals surface area (Å²) >= 11 is 0. The third-order valence-electron chi connectivity index (χ3n) is 3.18. The average Bonchev–Trinajstić information content (AvgIpc) is 2.22. The van der Waals surface area contributed by atoms with Crippen LogP contribution in [0, 0.1) is 5.92 Å². The number of carboxylic acids is 2. The largest absolute Gasteiger partial charge is 0.478 e. The van der Waals surface area contributed by atoms with Crippen molar-refractivity contribution in [2.75, 3.05) is 0 Å². The van der Waals surface area contributed by atoms with E-state index < -0.39 is 28.6 Å². The van der Waals surface area contributed by atoms with Crippen molar-refractivity contribution < 1.29 is 23.9 Å². The molecule has 22 heavy (non-hydrogen) atoms. The summed E-state index contributed by atoms with van der Waals surface area (Å²) in [5.74, 6) is -2.58. The molecule has 0 aliphatic rings. The van der Waals surface area contributed by atoms with Crippen LogP contribution < -0.4 is 0 Å². The molecule has 0 bridgehead atoms. The standard InChI is InChI=1S/C15H30O5Si2/c1-11(2)13(15(18)19)12(14(16)17)9-8-10-22(6,7)20-21(3,4)5/h11H,8-10H2,1-7H3,(H,16,17)(H,18,19). The average molecular weight is 347 g/mol. The van der Waals surface area contributed by atoms with Gasteiger partial charge in [0.15, 0.2) is 16.6 Å². The first-order valence-electron chi connectivity index (χ1n) is 7.66. The minimum atomic E-state index is -1.83. The summed E-state index contributed by atoms with van der Waals surface area (Å²) in [6, 6.07) is 0.832. The fraction of sp³-hybridized carbons (Fsp3) is 0.733. The summed E-state index contributed by atoms with van der Waals surface area (Å²) in [7, 11) is -3.44. The van der Waals surface area contributed by atoms with Crippen LogP contribution in [0.5, 0.6) is 0 Å². The molecular formula is C15H30O5Si2. The first kappa shape index (κ1) is 21.1. The van der Waals surface area contributed by atoms with Gasteiger partial charge in [0.2, 0.25) is 0 Å². The van der Waals surface area contributed by atoms with Gasteiger partial charge in [-0.05, 0) is 57.5 Å². The van der Waals surface area contributed by atoms with Crippen molar-refractivity contribution in [1.82, 2.24) is 0 Å². The molecule has 0 aromatic heterocycles. The van der Waals surface area contributed by atoms with E-state index in [9.17, 15) is 19.8 Å². The quantitative estimate of drug-likeness (QED) is 0.488. The molecule has 0 atom stereocenters. The molecule has 5 nitrogen and oxygen atoms in total. The second kappa shape index (κ2) is 8.07. The lowest BCUT2D eigenvalue weighted by Gasteiger charge is -2.31. The highest BCUT2D eigenvalue weighted by molar-refractivity contribution is 6.84. The lowest BCUT2D eigenvalue weighted by molar-refractivity contribution is -0.136. The van der Waals surface area contributed by atoms with Gasteiger partial charge in [-0.1, -0.05) is 13.8 Å². The first-order chi connectivity index (χ1) is 9.77. The molecule has 0 saturated carbocycles. The van der Waals surface area contributed by atoms with E-state index in [-0.39, 0.29) is 23.5 Å². The van der Waals surface area contributed by atoms with E-state index in [0.29, 0.717) is 6.42 Å². The number of carbonyl (C=O) groups is 2. The summed E-state index contributed by atoms with van der Waals surface area (Å²) in [5.41, 5.74) is 0.0402. The Morgan fingerprint density at radius 1 is 1.00 bits per heavy atom. The van der Waals surface area contributed by atoms with E-state index in [1.807, 2.05) is 0 Å². The molecule has 0 aliphatic heterocycles. The smallest absolute Gasteiger partial charge is 0.332 e. The Kier molecular flexibility index (Phi) is 7.73. The number of carboxylic acid groups (broad SMARTS) is 2. The van der Waals surface area contributed by atoms with Gasteiger partial charge in [0.25, 0.3) is 0 Å². The third kappa shape index (κ3) is 7.91. The fourth-order valence-electron chi connectivity index (χ4n) is 2.65. The maximum Gasteiger partial charge on any atom is 0.332 e. The molecule has 7 heteroatoms. The Labute approximate surface area is 135 Å². The molecule has 0 amide bonds. The van der Waals surface area contributed by atoms with Gasteiger partial charge in [-0.15, -0.1) is 0 Å². The van der Waals surface area contributed by atoms with Crippen molar-refractivity contribution in [3.8, 4) is 0 Å². The summed E-state index contributed by atoms with van der Waals surface area (Å²) in [4.78, 5) is 22.7. The van der Waals surface area contributed by atoms with E-state index in [1.165, 1.54) is 0 Å². The Morgan fingerprint density at radius 3 is 1.82 bits per heavy atom. The highest BCUT2D eigenvalue weighted by Gasteiger charge is 2.30. The van der Waals surface area contributed by atoms with Crippen molar-refractivity contribution in [1.29, 1.82) is 0 Å². The molecule has 0 unspecified atom stereocenters. The van der Waals surface area contributed by atoms with E-state index >= 15 is 0 Å². The first-order valence-corrected chi connectivity index (χ1v) is 14.2. The Morgan fingerprint density at radius 2 is 1.50 bits per heavy atom. The van der Waals surface area contributed by atoms with Crippen LogP contribution in [-0.4, -0.2) is 38.8 Å². The van der Waals surface area contributed by atoms with Crippen LogP contribution in [-0.2, 0) is 13.7 Å². The molecule has 0 saturated heterocycles. The monoisotopic (exact) mass is 346 g/mol. The van der Waals surface area contributed by atoms with Crippen LogP contribution in [0.15, 0.2) is 11.1 Å². The van der Waals surface area contributed by atoms with Crippen LogP contribution in [0.25, 0.3) is 0 Å². The van der Waals surface area contributed by atoms with Crippen molar-refractivity contribution in [2.45, 2.75) is 65.5 Å². The predicted octanol–water partition coefficient (Wildman–Crippen LogP) is 3.95. The molecule has 0 spiro atoms. The molecule has 128 valence electrons. The number of rotatable bonds is 9. The summed E-state index contributed by atoms with van der Waals surface area (Å²) in [5, 5.41) is 18.6. The second-order valence-electron chi connectivity index (χ2n) is 7.48. The molecule has 2 N–H and O–H groups in total. The number of hydrogen-bond acceptors (Lipinski definition) is 3. The fourth-order valence-corrected chi connectivity index (χ4v) is 10.7. The predicted molar refractivity (Wildman–Crippen MR) is 93.1 cm³/mol. The minimum Gasteiger partial charge on any atom is -0.478 e. The topological polar surface area (TPSA) is 83.8 Å². The van der Waals surface area contributed by atoms with Crippen molar-refractivity contribution in [3.63, 3.8) is 0 Å². The number of aliphatic carboxylic acids is 2. The van der Waals surface area contributed by atoms with E-state index in [0.717, 1.165) is 6.04 Å². The Balaban J connectivity index is 5.00. The van der Waals surface area contributed by atoms with Crippen LogP contribution in [0.3, 0.4) is 0 Å². The lowest BCUT2D eigenvalue weighted by atomic mass is 9.94. The van der Waals surface area contributed by atoms with E-state index in [1.54, 1.807) is 13.8 Å². The number of hydrogen-bond donors (Lipinski definition) is 2. The maximum atomic E-state index is 11.4. The molecule has 0 rings (SSSR count). The zero-order valence-corrected chi connectivity index (χ0v) is 16.8. The third-order valence-corrected chi connectivity index (χ3v) is 9.40. The van der Waals surface area contributed by atoms with Gasteiger partial charge < -0.3 is 14.3 Å². The lowest BCUT2D eigenvalue weighted by Crippen LogP contribution is -2.42. The van der Waals surface area contributed by atoms with Gasteiger partial charge in [0, 0.05) is 11.1 Å². The molecule has 0 aromatic carbocycles. The zero-order chi connectivity index (χ0) is 17.7. The molecular weight excluding hydrogens is 316 g/mol. The maximum absolute atomic E-state index is 11.4. The van der Waals surface area contributed by atoms with Crippen LogP contribution in [0.1, 0.15) is 26.7 Å². The van der Waals surface area contributed by atoms with E-state index in [4.69, 9.17) is 4.12 Å². The van der Waals surface area contributed by atoms with Gasteiger partial charge in [0.1, 0.15) is 0 Å². The summed E-state index contributed by atoms with van der Waals surface area (Å²) < 4.78 is 6.22. The molecule has 0 aliphatic carbocycles. The highest BCUT2D eigenvalue weighted by atomic mass is 28.4. The van der Waals surface area contributed by atoms with Gasteiger partial charge in [-0.3, -0.25) is 0 Å². The van der Waals surface area contributed by atoms with Gasteiger partial charge in [0.05, 0.1) is 0 Å². The zero-order valence-electron chi connectivity index (χ0n) is 14.8. The van der Waals surface area contributed by atoms with Crippen molar-refractivity contribution in [3.05, 3.63) is 11.1 Å². The van der Waals surface area contributed by atoms with Crippen LogP contribution >= 0.6 is 0 Å². The summed E-state index contributed by atoms with van der Waals surface area (Å²) in [6.07, 6.45) is 0.926. The molecule has 0 fully saturated rings. The second-order valence-corrected chi connectivity index (χ2v) is 16.5. The Hall–Kier alpha value is -0.926. The van der Waals surface area contributed by atoms with Crippen LogP contribution in [0.4, 0.5) is 0 Å². The van der Waals surface area contributed by atoms with Crippen molar-refractivity contribution in [2.24, 2.45) is 5.92 Å². The SMILES string of the molecule is CC(C)C(C(=O)O)=C(CCC[Si](C)(C)O[Si](C)(C)C)C(=O)O. The normalized spacial score (nSPS) is 14.0. The van der Waals surface area contributed by atoms with E-state index in [2.05, 4.69) is 32.7 Å².